The van der Waals surface area contributed by atoms with Gasteiger partial charge in [-0.2, -0.15) is 0 Å². The Hall–Kier alpha value is -2.76. The number of aliphatic carboxylic acids is 1. The maximum absolute atomic E-state index is 11.4. The number of carbonyl (C=O) groups excluding carboxylic acids is 1. The number of hydrogen-bond acceptors (Lipinski definition) is 5. The lowest BCUT2D eigenvalue weighted by molar-refractivity contribution is -0.131. The Balaban J connectivity index is 3.03. The minimum atomic E-state index is -1.18. The first-order valence-electron chi connectivity index (χ1n) is 5.95. The van der Waals surface area contributed by atoms with Gasteiger partial charge in [-0.15, -0.1) is 0 Å². The lowest BCUT2D eigenvalue weighted by Crippen LogP contribution is -1.96. The number of carboxylic acid groups (broad SMARTS) is 1. The highest BCUT2D eigenvalue weighted by Crippen LogP contribution is 2.38. The first-order chi connectivity index (χ1) is 10.0. The van der Waals surface area contributed by atoms with E-state index >= 15 is 0 Å². The average Bonchev–Trinajstić information content (AvgIpc) is 2.49. The molecule has 0 aliphatic rings. The van der Waals surface area contributed by atoms with Crippen molar-refractivity contribution >= 4 is 17.8 Å². The minimum Gasteiger partial charge on any atom is -0.493 e. The van der Waals surface area contributed by atoms with Gasteiger partial charge in [0.1, 0.15) is 0 Å². The molecule has 1 N–H and O–H groups in total. The Morgan fingerprint density at radius 2 is 1.52 bits per heavy atom. The van der Waals surface area contributed by atoms with E-state index in [9.17, 15) is 9.59 Å². The number of hydrogen-bond donors (Lipinski definition) is 1. The molecule has 112 valence electrons. The van der Waals surface area contributed by atoms with E-state index in [1.807, 2.05) is 0 Å². The van der Waals surface area contributed by atoms with E-state index in [0.717, 1.165) is 12.2 Å². The van der Waals surface area contributed by atoms with Crippen molar-refractivity contribution in [2.24, 2.45) is 0 Å². The molecule has 0 amide bonds. The first kappa shape index (κ1) is 16.3. The fourth-order valence-electron chi connectivity index (χ4n) is 1.58. The maximum atomic E-state index is 11.4. The molecule has 0 radical (unpaired) electrons. The number of benzene rings is 1. The summed E-state index contributed by atoms with van der Waals surface area (Å²) in [6.45, 7) is 0. The van der Waals surface area contributed by atoms with Gasteiger partial charge in [0.2, 0.25) is 5.75 Å². The summed E-state index contributed by atoms with van der Waals surface area (Å²) in [5, 5.41) is 8.43. The van der Waals surface area contributed by atoms with Gasteiger partial charge in [0, 0.05) is 6.08 Å². The molecule has 0 heterocycles. The molecule has 1 rings (SSSR count). The predicted octanol–water partition coefficient (Wildman–Crippen LogP) is 1.94. The van der Waals surface area contributed by atoms with Crippen molar-refractivity contribution in [1.29, 1.82) is 0 Å². The molecule has 0 bridgehead atoms. The topological polar surface area (TPSA) is 82.1 Å². The number of rotatable bonds is 7. The quantitative estimate of drug-likeness (QED) is 0.773. The number of methoxy groups -OCH3 is 3. The summed E-state index contributed by atoms with van der Waals surface area (Å²) in [5.74, 6) is -0.236. The van der Waals surface area contributed by atoms with E-state index in [2.05, 4.69) is 0 Å². The third-order valence-electron chi connectivity index (χ3n) is 2.52. The minimum absolute atomic E-state index is 0.439. The van der Waals surface area contributed by atoms with Crippen LogP contribution in [0.5, 0.6) is 17.2 Å². The highest BCUT2D eigenvalue weighted by Gasteiger charge is 2.11. The second kappa shape index (κ2) is 7.74. The molecule has 0 aliphatic heterocycles. The van der Waals surface area contributed by atoms with Crippen molar-refractivity contribution in [3.05, 3.63) is 35.9 Å². The smallest absolute Gasteiger partial charge is 0.328 e. The average molecular weight is 292 g/mol. The van der Waals surface area contributed by atoms with Crippen molar-refractivity contribution in [2.45, 2.75) is 0 Å². The molecule has 1 aromatic carbocycles. The van der Waals surface area contributed by atoms with Gasteiger partial charge >= 0.3 is 5.97 Å². The SMILES string of the molecule is COc1cc(C=CC(=O)C=CC(=O)O)cc(OC)c1OC. The Bertz CT molecular complexity index is 561. The lowest BCUT2D eigenvalue weighted by Gasteiger charge is -2.12. The van der Waals surface area contributed by atoms with E-state index in [-0.39, 0.29) is 0 Å². The molecule has 0 aromatic heterocycles. The monoisotopic (exact) mass is 292 g/mol. The van der Waals surface area contributed by atoms with Crippen molar-refractivity contribution in [2.75, 3.05) is 21.3 Å². The Morgan fingerprint density at radius 1 is 0.952 bits per heavy atom. The van der Waals surface area contributed by atoms with Crippen LogP contribution in [0.3, 0.4) is 0 Å². The van der Waals surface area contributed by atoms with Crippen molar-refractivity contribution in [1.82, 2.24) is 0 Å². The fourth-order valence-corrected chi connectivity index (χ4v) is 1.58. The molecular weight excluding hydrogens is 276 g/mol. The Labute approximate surface area is 122 Å². The van der Waals surface area contributed by atoms with Crippen molar-refractivity contribution in [3.8, 4) is 17.2 Å². The highest BCUT2D eigenvalue weighted by atomic mass is 16.5. The normalized spacial score (nSPS) is 10.8. The zero-order valence-electron chi connectivity index (χ0n) is 12.0. The van der Waals surface area contributed by atoms with Gasteiger partial charge in [0.25, 0.3) is 0 Å². The third kappa shape index (κ3) is 4.68. The van der Waals surface area contributed by atoms with Crippen LogP contribution < -0.4 is 14.2 Å². The van der Waals surface area contributed by atoms with E-state index in [1.54, 1.807) is 12.1 Å². The molecule has 0 saturated heterocycles. The predicted molar refractivity (Wildman–Crippen MR) is 76.9 cm³/mol. The summed E-state index contributed by atoms with van der Waals surface area (Å²) in [5.41, 5.74) is 0.654. The second-order valence-electron chi connectivity index (χ2n) is 3.87. The first-order valence-corrected chi connectivity index (χ1v) is 5.95. The van der Waals surface area contributed by atoms with Gasteiger partial charge in [-0.3, -0.25) is 4.79 Å². The van der Waals surface area contributed by atoms with E-state index < -0.39 is 11.8 Å². The third-order valence-corrected chi connectivity index (χ3v) is 2.52. The van der Waals surface area contributed by atoms with Gasteiger partial charge in [-0.05, 0) is 29.8 Å². The van der Waals surface area contributed by atoms with Crippen LogP contribution in [0.4, 0.5) is 0 Å². The number of ketones is 1. The van der Waals surface area contributed by atoms with Crippen LogP contribution in [-0.2, 0) is 9.59 Å². The summed E-state index contributed by atoms with van der Waals surface area (Å²) >= 11 is 0. The van der Waals surface area contributed by atoms with Gasteiger partial charge in [-0.25, -0.2) is 4.79 Å². The van der Waals surface area contributed by atoms with Gasteiger partial charge in [0.15, 0.2) is 17.3 Å². The Morgan fingerprint density at radius 3 is 1.95 bits per heavy atom. The van der Waals surface area contributed by atoms with E-state index in [1.165, 1.54) is 33.5 Å². The van der Waals surface area contributed by atoms with Crippen LogP contribution in [0.25, 0.3) is 6.08 Å². The molecule has 0 aliphatic carbocycles. The maximum Gasteiger partial charge on any atom is 0.328 e. The summed E-state index contributed by atoms with van der Waals surface area (Å²) < 4.78 is 15.6. The van der Waals surface area contributed by atoms with Crippen LogP contribution in [0.2, 0.25) is 0 Å². The van der Waals surface area contributed by atoms with E-state index in [0.29, 0.717) is 22.8 Å². The van der Waals surface area contributed by atoms with E-state index in [4.69, 9.17) is 19.3 Å². The summed E-state index contributed by atoms with van der Waals surface area (Å²) in [4.78, 5) is 21.7. The Kier molecular flexibility index (Phi) is 6.00. The molecule has 6 nitrogen and oxygen atoms in total. The summed E-state index contributed by atoms with van der Waals surface area (Å²) in [6.07, 6.45) is 4.53. The van der Waals surface area contributed by atoms with Gasteiger partial charge in [-0.1, -0.05) is 6.08 Å². The molecule has 1 aromatic rings. The molecule has 0 saturated carbocycles. The zero-order chi connectivity index (χ0) is 15.8. The van der Waals surface area contributed by atoms with Gasteiger partial charge in [0.05, 0.1) is 21.3 Å². The number of ether oxygens (including phenoxy) is 3. The van der Waals surface area contributed by atoms with Crippen molar-refractivity contribution < 1.29 is 28.9 Å². The highest BCUT2D eigenvalue weighted by molar-refractivity contribution is 6.04. The lowest BCUT2D eigenvalue weighted by atomic mass is 10.1. The zero-order valence-corrected chi connectivity index (χ0v) is 12.0. The van der Waals surface area contributed by atoms with Crippen LogP contribution in [0.1, 0.15) is 5.56 Å². The largest absolute Gasteiger partial charge is 0.493 e. The van der Waals surface area contributed by atoms with Gasteiger partial charge < -0.3 is 19.3 Å². The molecule has 0 fully saturated rings. The number of carboxylic acids is 1. The molecular formula is C15H16O6. The molecule has 21 heavy (non-hydrogen) atoms. The molecule has 0 atom stereocenters. The standard InChI is InChI=1S/C15H16O6/c1-19-12-8-10(9-13(20-2)15(12)21-3)4-5-11(16)6-7-14(17)18/h4-9H,1-3H3,(H,17,18). The van der Waals surface area contributed by atoms with Crippen molar-refractivity contribution in [3.63, 3.8) is 0 Å². The summed E-state index contributed by atoms with van der Waals surface area (Å²) in [7, 11) is 4.48. The number of carbonyl (C=O) groups is 2. The van der Waals surface area contributed by atoms with Crippen LogP contribution in [0, 0.1) is 0 Å². The molecule has 0 unspecified atom stereocenters. The fraction of sp³-hybridized carbons (Fsp3) is 0.200. The van der Waals surface area contributed by atoms with Crippen LogP contribution in [-0.4, -0.2) is 38.2 Å². The molecule has 0 spiro atoms. The second-order valence-corrected chi connectivity index (χ2v) is 3.87. The van der Waals surface area contributed by atoms with Crippen LogP contribution >= 0.6 is 0 Å². The summed E-state index contributed by atoms with van der Waals surface area (Å²) in [6, 6.07) is 3.35. The number of allylic oxidation sites excluding steroid dienone is 2. The van der Waals surface area contributed by atoms with Crippen LogP contribution in [0.15, 0.2) is 30.4 Å². The molecule has 6 heteroatoms.